The van der Waals surface area contributed by atoms with Crippen LogP contribution >= 0.6 is 0 Å². The maximum Gasteiger partial charge on any atom is 0.329 e. The van der Waals surface area contributed by atoms with Crippen molar-refractivity contribution in [2.45, 2.75) is 0 Å². The fourth-order valence-electron chi connectivity index (χ4n) is 0.392. The van der Waals surface area contributed by atoms with E-state index in [4.69, 9.17) is 0 Å². The molecule has 0 N–H and O–H groups in total. The van der Waals surface area contributed by atoms with Gasteiger partial charge in [0.1, 0.15) is 0 Å². The van der Waals surface area contributed by atoms with Crippen molar-refractivity contribution in [1.29, 1.82) is 0 Å². The van der Waals surface area contributed by atoms with Crippen molar-refractivity contribution >= 4 is 5.97 Å². The molecule has 0 heterocycles. The molecule has 0 aromatic carbocycles. The second kappa shape index (κ2) is 5.06. The first-order valence-corrected chi connectivity index (χ1v) is 2.99. The molecule has 5 nitrogen and oxygen atoms in total. The van der Waals surface area contributed by atoms with Crippen LogP contribution in [0.25, 0.3) is 0 Å². The van der Waals surface area contributed by atoms with Crippen LogP contribution in [0.2, 0.25) is 0 Å². The molecule has 0 fully saturated rings. The molecule has 0 saturated heterocycles. The highest BCUT2D eigenvalue weighted by Gasteiger charge is 1.89. The smallest absolute Gasteiger partial charge is 0.329 e. The molecule has 0 bridgehead atoms. The van der Waals surface area contributed by atoms with E-state index in [0.717, 1.165) is 14.2 Å². The zero-order valence-electron chi connectivity index (χ0n) is 6.70. The second-order valence-corrected chi connectivity index (χ2v) is 1.74. The van der Waals surface area contributed by atoms with Crippen LogP contribution in [0, 0.1) is 0 Å². The van der Waals surface area contributed by atoms with E-state index in [1.54, 1.807) is 0 Å². The summed E-state index contributed by atoms with van der Waals surface area (Å²) in [4.78, 5) is 10.4. The number of allylic oxidation sites excluding steroid dienone is 1. The summed E-state index contributed by atoms with van der Waals surface area (Å²) in [5, 5.41) is 21.1. The predicted molar refractivity (Wildman–Crippen MR) is 35.2 cm³/mol. The highest BCUT2D eigenvalue weighted by molar-refractivity contribution is 5.82. The Hall–Kier alpha value is -1.65. The molecule has 0 radical (unpaired) electrons. The molecule has 0 aromatic rings. The molecular formula is C7H8O5-2. The van der Waals surface area contributed by atoms with E-state index in [-0.39, 0.29) is 0 Å². The zero-order chi connectivity index (χ0) is 9.56. The van der Waals surface area contributed by atoms with Crippen molar-refractivity contribution in [2.24, 2.45) is 0 Å². The number of ether oxygens (including phenoxy) is 2. The molecule has 0 unspecified atom stereocenters. The number of carbonyl (C=O) groups excluding carboxylic acids is 1. The van der Waals surface area contributed by atoms with Gasteiger partial charge in [-0.15, -0.1) is 5.76 Å². The van der Waals surface area contributed by atoms with Crippen LogP contribution in [0.3, 0.4) is 0 Å². The van der Waals surface area contributed by atoms with Gasteiger partial charge in [-0.25, -0.2) is 4.79 Å². The fourth-order valence-corrected chi connectivity index (χ4v) is 0.392. The van der Waals surface area contributed by atoms with E-state index < -0.39 is 17.7 Å². The SMILES string of the molecule is COC(=O)/C=C([O-])/C=C(\[O-])OC. The molecule has 0 aliphatic rings. The Kier molecular flexibility index (Phi) is 4.36. The Morgan fingerprint density at radius 2 is 1.75 bits per heavy atom. The van der Waals surface area contributed by atoms with E-state index in [2.05, 4.69) is 9.47 Å². The monoisotopic (exact) mass is 172 g/mol. The summed E-state index contributed by atoms with van der Waals surface area (Å²) in [6.07, 6.45) is 1.30. The van der Waals surface area contributed by atoms with E-state index in [1.165, 1.54) is 0 Å². The third-order valence-corrected chi connectivity index (χ3v) is 0.923. The second-order valence-electron chi connectivity index (χ2n) is 1.74. The Bertz CT molecular complexity index is 216. The lowest BCUT2D eigenvalue weighted by Gasteiger charge is -2.12. The van der Waals surface area contributed by atoms with Gasteiger partial charge in [-0.1, -0.05) is 0 Å². The van der Waals surface area contributed by atoms with Crippen molar-refractivity contribution < 1.29 is 24.5 Å². The van der Waals surface area contributed by atoms with Gasteiger partial charge in [0.05, 0.1) is 13.1 Å². The lowest BCUT2D eigenvalue weighted by Crippen LogP contribution is -2.11. The lowest BCUT2D eigenvalue weighted by molar-refractivity contribution is -0.356. The molecule has 0 rings (SSSR count). The highest BCUT2D eigenvalue weighted by Crippen LogP contribution is 1.91. The molecule has 0 atom stereocenters. The summed E-state index contributed by atoms with van der Waals surface area (Å²) in [5.74, 6) is -2.37. The van der Waals surface area contributed by atoms with Crippen molar-refractivity contribution in [1.82, 2.24) is 0 Å². The van der Waals surface area contributed by atoms with Gasteiger partial charge in [0.15, 0.2) is 0 Å². The van der Waals surface area contributed by atoms with E-state index in [1.807, 2.05) is 0 Å². The standard InChI is InChI=1S/C7H10O5/c1-11-6(9)3-5(8)4-7(10)12-2/h3-4,8-9H,1-2H3/p-2/b5-4-,6-3+. The number of rotatable bonds is 3. The minimum Gasteiger partial charge on any atom is -0.872 e. The summed E-state index contributed by atoms with van der Waals surface area (Å²) < 4.78 is 8.30. The fraction of sp³-hybridized carbons (Fsp3) is 0.286. The van der Waals surface area contributed by atoms with Crippen LogP contribution in [0.4, 0.5) is 0 Å². The Morgan fingerprint density at radius 3 is 2.17 bits per heavy atom. The largest absolute Gasteiger partial charge is 0.872 e. The number of methoxy groups -OCH3 is 2. The number of esters is 1. The van der Waals surface area contributed by atoms with Gasteiger partial charge < -0.3 is 19.7 Å². The highest BCUT2D eigenvalue weighted by atomic mass is 16.6. The first-order chi connectivity index (χ1) is 5.60. The van der Waals surface area contributed by atoms with Gasteiger partial charge in [-0.05, 0) is 13.2 Å². The Balaban J connectivity index is 4.29. The molecule has 68 valence electrons. The van der Waals surface area contributed by atoms with Gasteiger partial charge in [0, 0.05) is 6.08 Å². The van der Waals surface area contributed by atoms with E-state index in [9.17, 15) is 15.0 Å². The van der Waals surface area contributed by atoms with Gasteiger partial charge in [-0.3, -0.25) is 0 Å². The Morgan fingerprint density at radius 1 is 1.17 bits per heavy atom. The molecule has 0 saturated carbocycles. The number of hydrogen-bond acceptors (Lipinski definition) is 5. The topological polar surface area (TPSA) is 81.7 Å². The van der Waals surface area contributed by atoms with Gasteiger partial charge >= 0.3 is 5.97 Å². The van der Waals surface area contributed by atoms with Crippen LogP contribution in [-0.4, -0.2) is 20.2 Å². The predicted octanol–water partition coefficient (Wildman–Crippen LogP) is -1.75. The lowest BCUT2D eigenvalue weighted by atomic mass is 10.4. The maximum atomic E-state index is 10.7. The minimum atomic E-state index is -0.805. The quantitative estimate of drug-likeness (QED) is 0.218. The third kappa shape index (κ3) is 4.21. The maximum absolute atomic E-state index is 10.7. The summed E-state index contributed by atoms with van der Waals surface area (Å²) in [7, 11) is 2.26. The molecule has 12 heavy (non-hydrogen) atoms. The van der Waals surface area contributed by atoms with Crippen molar-refractivity contribution in [3.63, 3.8) is 0 Å². The molecular weight excluding hydrogens is 164 g/mol. The van der Waals surface area contributed by atoms with Crippen LogP contribution in [0.15, 0.2) is 23.9 Å². The van der Waals surface area contributed by atoms with Gasteiger partial charge in [-0.2, -0.15) is 0 Å². The van der Waals surface area contributed by atoms with E-state index >= 15 is 0 Å². The average Bonchev–Trinajstić information content (AvgIpc) is 2.03. The number of hydrogen-bond donors (Lipinski definition) is 0. The normalized spacial score (nSPS) is 12.5. The van der Waals surface area contributed by atoms with Crippen molar-refractivity contribution in [3.05, 3.63) is 23.9 Å². The molecule has 0 amide bonds. The van der Waals surface area contributed by atoms with Crippen LogP contribution in [-0.2, 0) is 14.3 Å². The summed E-state index contributed by atoms with van der Waals surface area (Å²) in [5.41, 5.74) is 0. The summed E-state index contributed by atoms with van der Waals surface area (Å²) in [6, 6.07) is 0. The van der Waals surface area contributed by atoms with Gasteiger partial charge in [0.25, 0.3) is 0 Å². The van der Waals surface area contributed by atoms with Crippen molar-refractivity contribution in [3.8, 4) is 0 Å². The first-order valence-electron chi connectivity index (χ1n) is 2.99. The van der Waals surface area contributed by atoms with Crippen LogP contribution in [0.1, 0.15) is 0 Å². The summed E-state index contributed by atoms with van der Waals surface area (Å²) in [6.45, 7) is 0. The zero-order valence-corrected chi connectivity index (χ0v) is 6.70. The number of carbonyl (C=O) groups is 1. The third-order valence-electron chi connectivity index (χ3n) is 0.923. The molecule has 5 heteroatoms. The van der Waals surface area contributed by atoms with E-state index in [0.29, 0.717) is 12.2 Å². The van der Waals surface area contributed by atoms with Gasteiger partial charge in [0.2, 0.25) is 0 Å². The molecule has 0 aromatic heterocycles. The molecule has 0 spiro atoms. The summed E-state index contributed by atoms with van der Waals surface area (Å²) >= 11 is 0. The first kappa shape index (κ1) is 10.3. The minimum absolute atomic E-state index is 0.650. The van der Waals surface area contributed by atoms with Crippen LogP contribution < -0.4 is 10.2 Å². The molecule has 0 aliphatic heterocycles. The molecule has 0 aliphatic carbocycles. The average molecular weight is 172 g/mol. The van der Waals surface area contributed by atoms with Crippen molar-refractivity contribution in [2.75, 3.05) is 14.2 Å². The Labute approximate surface area is 69.5 Å². The van der Waals surface area contributed by atoms with Crippen LogP contribution in [0.5, 0.6) is 0 Å².